The Morgan fingerprint density at radius 1 is 1.18 bits per heavy atom. The average Bonchev–Trinajstić information content (AvgIpc) is 2.48. The molecule has 0 unspecified atom stereocenters. The van der Waals surface area contributed by atoms with Gasteiger partial charge in [-0.15, -0.1) is 12.4 Å². The number of nitrogens with zero attached hydrogens (tertiary/aromatic N) is 1. The van der Waals surface area contributed by atoms with E-state index in [1.165, 1.54) is 5.56 Å². The molecule has 0 saturated heterocycles. The maximum absolute atomic E-state index is 4.34. The summed E-state index contributed by atoms with van der Waals surface area (Å²) in [6, 6.07) is 10.1. The molecular weight excluding hydrogens is 302 g/mol. The third-order valence-corrected chi connectivity index (χ3v) is 3.09. The van der Waals surface area contributed by atoms with Crippen molar-refractivity contribution in [2.45, 2.75) is 6.54 Å². The first-order chi connectivity index (χ1) is 7.83. The molecule has 88 valence electrons. The monoisotopic (exact) mass is 311 g/mol. The summed E-state index contributed by atoms with van der Waals surface area (Å²) in [5.41, 5.74) is 3.32. The molecule has 0 spiro atoms. The van der Waals surface area contributed by atoms with E-state index in [4.69, 9.17) is 0 Å². The first-order valence-electron chi connectivity index (χ1n) is 5.07. The lowest BCUT2D eigenvalue weighted by atomic mass is 10.2. The fraction of sp³-hybridized carbons (Fsp3) is 0.0833. The molecule has 1 aliphatic rings. The highest BCUT2D eigenvalue weighted by molar-refractivity contribution is 9.10. The van der Waals surface area contributed by atoms with Crippen molar-refractivity contribution in [2.24, 2.45) is 0 Å². The summed E-state index contributed by atoms with van der Waals surface area (Å²) >= 11 is 3.47. The first kappa shape index (κ1) is 12.2. The maximum atomic E-state index is 4.34. The van der Waals surface area contributed by atoms with Crippen LogP contribution in [-0.2, 0) is 6.54 Å². The van der Waals surface area contributed by atoms with Crippen LogP contribution in [0.3, 0.4) is 0 Å². The van der Waals surface area contributed by atoms with Gasteiger partial charge in [-0.05, 0) is 24.3 Å². The molecule has 0 aliphatic carbocycles. The van der Waals surface area contributed by atoms with E-state index < -0.39 is 0 Å². The van der Waals surface area contributed by atoms with E-state index in [1.807, 2.05) is 18.2 Å². The molecule has 0 radical (unpaired) electrons. The summed E-state index contributed by atoms with van der Waals surface area (Å²) in [6.45, 7) is 0.791. The Kier molecular flexibility index (Phi) is 3.54. The van der Waals surface area contributed by atoms with E-state index >= 15 is 0 Å². The van der Waals surface area contributed by atoms with Crippen LogP contribution in [0.25, 0.3) is 0 Å². The van der Waals surface area contributed by atoms with Crippen LogP contribution in [0.4, 0.5) is 17.2 Å². The second-order valence-electron chi connectivity index (χ2n) is 3.68. The number of aromatic nitrogens is 1. The van der Waals surface area contributed by atoms with Crippen molar-refractivity contribution in [3.05, 3.63) is 46.6 Å². The van der Waals surface area contributed by atoms with Crippen molar-refractivity contribution < 1.29 is 0 Å². The van der Waals surface area contributed by atoms with Crippen molar-refractivity contribution in [2.75, 3.05) is 10.6 Å². The minimum absolute atomic E-state index is 0. The second kappa shape index (κ2) is 4.94. The van der Waals surface area contributed by atoms with E-state index in [9.17, 15) is 0 Å². The van der Waals surface area contributed by atoms with Crippen LogP contribution < -0.4 is 10.6 Å². The van der Waals surface area contributed by atoms with Gasteiger partial charge in [-0.25, -0.2) is 4.98 Å². The molecule has 2 heterocycles. The van der Waals surface area contributed by atoms with Gasteiger partial charge in [0.2, 0.25) is 0 Å². The van der Waals surface area contributed by atoms with Crippen LogP contribution >= 0.6 is 28.3 Å². The Bertz CT molecular complexity index is 545. The SMILES string of the molecule is Brc1ccc2c(c1)NCc1cccnc1N2.Cl. The number of fused-ring (bicyclic) bond motifs is 2. The molecule has 1 aliphatic heterocycles. The number of benzene rings is 1. The van der Waals surface area contributed by atoms with Crippen LogP contribution in [0.5, 0.6) is 0 Å². The van der Waals surface area contributed by atoms with E-state index in [1.54, 1.807) is 6.20 Å². The van der Waals surface area contributed by atoms with Crippen molar-refractivity contribution in [1.29, 1.82) is 0 Å². The molecule has 17 heavy (non-hydrogen) atoms. The number of nitrogens with one attached hydrogen (secondary N) is 2. The lowest BCUT2D eigenvalue weighted by molar-refractivity contribution is 1.14. The molecule has 1 aromatic carbocycles. The third kappa shape index (κ3) is 2.37. The number of rotatable bonds is 0. The highest BCUT2D eigenvalue weighted by Crippen LogP contribution is 2.32. The number of halogens is 2. The minimum atomic E-state index is 0. The smallest absolute Gasteiger partial charge is 0.135 e. The molecule has 0 bridgehead atoms. The summed E-state index contributed by atoms with van der Waals surface area (Å²) in [5.74, 6) is 0.927. The minimum Gasteiger partial charge on any atom is -0.379 e. The van der Waals surface area contributed by atoms with Crippen molar-refractivity contribution in [1.82, 2.24) is 4.98 Å². The Balaban J connectivity index is 0.00000108. The van der Waals surface area contributed by atoms with Crippen LogP contribution in [0.15, 0.2) is 41.0 Å². The predicted octanol–water partition coefficient (Wildman–Crippen LogP) is 3.94. The molecule has 0 amide bonds. The van der Waals surface area contributed by atoms with Crippen molar-refractivity contribution in [3.63, 3.8) is 0 Å². The van der Waals surface area contributed by atoms with Crippen LogP contribution in [0.1, 0.15) is 5.56 Å². The highest BCUT2D eigenvalue weighted by Gasteiger charge is 2.12. The van der Waals surface area contributed by atoms with Gasteiger partial charge in [-0.3, -0.25) is 0 Å². The molecule has 2 aromatic rings. The third-order valence-electron chi connectivity index (χ3n) is 2.60. The van der Waals surface area contributed by atoms with Crippen LogP contribution in [-0.4, -0.2) is 4.98 Å². The molecule has 0 atom stereocenters. The Labute approximate surface area is 114 Å². The fourth-order valence-corrected chi connectivity index (χ4v) is 2.14. The molecule has 3 rings (SSSR count). The topological polar surface area (TPSA) is 37.0 Å². The lowest BCUT2D eigenvalue weighted by Crippen LogP contribution is -1.97. The van der Waals surface area contributed by atoms with Gasteiger partial charge < -0.3 is 10.6 Å². The molecule has 5 heteroatoms. The number of pyridine rings is 1. The Hall–Kier alpha value is -1.26. The summed E-state index contributed by atoms with van der Waals surface area (Å²) < 4.78 is 1.07. The van der Waals surface area contributed by atoms with E-state index in [2.05, 4.69) is 43.7 Å². The average molecular weight is 313 g/mol. The molecule has 1 aromatic heterocycles. The standard InChI is InChI=1S/C12H10BrN3.ClH/c13-9-3-4-10-11(6-9)15-7-8-2-1-5-14-12(8)16-10;/h1-6,15H,7H2,(H,14,16);1H. The van der Waals surface area contributed by atoms with Gasteiger partial charge in [0.25, 0.3) is 0 Å². The fourth-order valence-electron chi connectivity index (χ4n) is 1.78. The summed E-state index contributed by atoms with van der Waals surface area (Å²) in [6.07, 6.45) is 1.80. The van der Waals surface area contributed by atoms with Gasteiger partial charge in [0.05, 0.1) is 11.4 Å². The zero-order chi connectivity index (χ0) is 11.0. The normalized spacial score (nSPS) is 12.1. The number of hydrogen-bond acceptors (Lipinski definition) is 3. The zero-order valence-electron chi connectivity index (χ0n) is 8.90. The quantitative estimate of drug-likeness (QED) is 0.774. The van der Waals surface area contributed by atoms with Gasteiger partial charge >= 0.3 is 0 Å². The van der Waals surface area contributed by atoms with Crippen LogP contribution in [0.2, 0.25) is 0 Å². The molecule has 0 saturated carbocycles. The molecule has 0 fully saturated rings. The second-order valence-corrected chi connectivity index (χ2v) is 4.60. The summed E-state index contributed by atoms with van der Waals surface area (Å²) in [4.78, 5) is 4.34. The lowest BCUT2D eigenvalue weighted by Gasteiger charge is -2.08. The molecular formula is C12H11BrClN3. The van der Waals surface area contributed by atoms with Crippen molar-refractivity contribution in [3.8, 4) is 0 Å². The largest absolute Gasteiger partial charge is 0.379 e. The molecule has 3 nitrogen and oxygen atoms in total. The van der Waals surface area contributed by atoms with Crippen LogP contribution in [0, 0.1) is 0 Å². The van der Waals surface area contributed by atoms with Gasteiger partial charge in [-0.1, -0.05) is 22.0 Å². The van der Waals surface area contributed by atoms with Gasteiger partial charge in [0, 0.05) is 22.8 Å². The zero-order valence-corrected chi connectivity index (χ0v) is 11.3. The Morgan fingerprint density at radius 3 is 2.94 bits per heavy atom. The van der Waals surface area contributed by atoms with E-state index in [-0.39, 0.29) is 12.4 Å². The van der Waals surface area contributed by atoms with Gasteiger partial charge in [-0.2, -0.15) is 0 Å². The summed E-state index contributed by atoms with van der Waals surface area (Å²) in [5, 5.41) is 6.73. The van der Waals surface area contributed by atoms with Gasteiger partial charge in [0.1, 0.15) is 5.82 Å². The maximum Gasteiger partial charge on any atom is 0.135 e. The highest BCUT2D eigenvalue weighted by atomic mass is 79.9. The summed E-state index contributed by atoms with van der Waals surface area (Å²) in [7, 11) is 0. The Morgan fingerprint density at radius 2 is 2.06 bits per heavy atom. The van der Waals surface area contributed by atoms with Gasteiger partial charge in [0.15, 0.2) is 0 Å². The van der Waals surface area contributed by atoms with E-state index in [0.717, 1.165) is 28.2 Å². The molecule has 2 N–H and O–H groups in total. The predicted molar refractivity (Wildman–Crippen MR) is 76.2 cm³/mol. The van der Waals surface area contributed by atoms with E-state index in [0.29, 0.717) is 0 Å². The van der Waals surface area contributed by atoms with Crippen molar-refractivity contribution >= 4 is 45.5 Å². The number of anilines is 3. The number of hydrogen-bond donors (Lipinski definition) is 2. The first-order valence-corrected chi connectivity index (χ1v) is 5.86.